The van der Waals surface area contributed by atoms with Crippen LogP contribution in [-0.4, -0.2) is 11.6 Å². The summed E-state index contributed by atoms with van der Waals surface area (Å²) in [6, 6.07) is 12.9. The molecular formula is C26H22Cl2O4. The van der Waals surface area contributed by atoms with E-state index in [0.717, 1.165) is 48.3 Å². The normalized spacial score (nSPS) is 18.9. The van der Waals surface area contributed by atoms with Crippen LogP contribution in [0.15, 0.2) is 65.1 Å². The Kier molecular flexibility index (Phi) is 5.83. The average molecular weight is 469 g/mol. The van der Waals surface area contributed by atoms with Crippen molar-refractivity contribution >= 4 is 34.8 Å². The first-order valence-corrected chi connectivity index (χ1v) is 11.6. The van der Waals surface area contributed by atoms with Gasteiger partial charge in [-0.2, -0.15) is 0 Å². The van der Waals surface area contributed by atoms with Gasteiger partial charge >= 0.3 is 0 Å². The van der Waals surface area contributed by atoms with Crippen molar-refractivity contribution in [2.75, 3.05) is 0 Å². The lowest BCUT2D eigenvalue weighted by Crippen LogP contribution is -2.30. The van der Waals surface area contributed by atoms with E-state index >= 15 is 0 Å². The van der Waals surface area contributed by atoms with Crippen molar-refractivity contribution in [3.63, 3.8) is 0 Å². The van der Waals surface area contributed by atoms with Gasteiger partial charge in [0.2, 0.25) is 0 Å². The van der Waals surface area contributed by atoms with Crippen molar-refractivity contribution in [3.8, 4) is 5.75 Å². The Morgan fingerprint density at radius 2 is 1.56 bits per heavy atom. The fourth-order valence-corrected chi connectivity index (χ4v) is 5.20. The van der Waals surface area contributed by atoms with Gasteiger partial charge in [0.05, 0.1) is 0 Å². The quantitative estimate of drug-likeness (QED) is 0.500. The van der Waals surface area contributed by atoms with Crippen molar-refractivity contribution in [3.05, 3.63) is 86.3 Å². The molecule has 0 aromatic heterocycles. The van der Waals surface area contributed by atoms with Crippen LogP contribution in [-0.2, 0) is 20.9 Å². The number of carbonyl (C=O) groups excluding carboxylic acids is 2. The predicted molar refractivity (Wildman–Crippen MR) is 123 cm³/mol. The van der Waals surface area contributed by atoms with Gasteiger partial charge in [0.25, 0.3) is 0 Å². The Morgan fingerprint density at radius 3 is 2.22 bits per heavy atom. The van der Waals surface area contributed by atoms with Crippen LogP contribution in [0, 0.1) is 0 Å². The zero-order valence-electron chi connectivity index (χ0n) is 17.5. The number of carbonyl (C=O) groups is 2. The molecule has 0 radical (unpaired) electrons. The van der Waals surface area contributed by atoms with Crippen LogP contribution in [0.5, 0.6) is 5.75 Å². The fourth-order valence-electron chi connectivity index (χ4n) is 4.73. The molecular weight excluding hydrogens is 447 g/mol. The van der Waals surface area contributed by atoms with Crippen molar-refractivity contribution < 1.29 is 19.1 Å². The number of benzene rings is 2. The van der Waals surface area contributed by atoms with Gasteiger partial charge < -0.3 is 9.47 Å². The van der Waals surface area contributed by atoms with Crippen LogP contribution in [0.2, 0.25) is 10.0 Å². The highest BCUT2D eigenvalue weighted by atomic mass is 35.5. The summed E-state index contributed by atoms with van der Waals surface area (Å²) >= 11 is 12.2. The molecule has 2 aromatic carbocycles. The molecule has 0 saturated carbocycles. The van der Waals surface area contributed by atoms with Gasteiger partial charge in [-0.3, -0.25) is 9.59 Å². The topological polar surface area (TPSA) is 52.6 Å². The molecule has 1 heterocycles. The summed E-state index contributed by atoms with van der Waals surface area (Å²) in [5.41, 5.74) is 2.98. The molecule has 32 heavy (non-hydrogen) atoms. The maximum atomic E-state index is 12.9. The van der Waals surface area contributed by atoms with Crippen LogP contribution in [0.4, 0.5) is 0 Å². The highest BCUT2D eigenvalue weighted by Crippen LogP contribution is 2.48. The fraction of sp³-hybridized carbons (Fsp3) is 0.308. The lowest BCUT2D eigenvalue weighted by atomic mass is 9.73. The summed E-state index contributed by atoms with van der Waals surface area (Å²) in [5, 5.41) is 1.12. The molecule has 0 amide bonds. The minimum Gasteiger partial charge on any atom is -0.489 e. The SMILES string of the molecule is O=C1CCCC2=C1C(c1cccc(OCc3ccc(Cl)cc3Cl)c1)C1=C(CCCC1=O)O2. The van der Waals surface area contributed by atoms with E-state index in [1.807, 2.05) is 30.3 Å². The Labute approximate surface area is 196 Å². The Bertz CT molecular complexity index is 1140. The van der Waals surface area contributed by atoms with Crippen LogP contribution in [0.25, 0.3) is 0 Å². The summed E-state index contributed by atoms with van der Waals surface area (Å²) in [7, 11) is 0. The van der Waals surface area contributed by atoms with E-state index in [0.29, 0.717) is 39.8 Å². The van der Waals surface area contributed by atoms with Crippen LogP contribution >= 0.6 is 23.2 Å². The zero-order chi connectivity index (χ0) is 22.2. The van der Waals surface area contributed by atoms with Gasteiger partial charge in [0.15, 0.2) is 11.6 Å². The molecule has 0 atom stereocenters. The van der Waals surface area contributed by atoms with Crippen molar-refractivity contribution in [2.45, 2.75) is 51.0 Å². The lowest BCUT2D eigenvalue weighted by molar-refractivity contribution is -0.117. The standard InChI is InChI=1S/C26H22Cl2O4/c27-17-11-10-16(19(28)13-17)14-31-18-5-1-4-15(12-18)24-25-20(29)6-2-8-22(25)32-23-9-3-7-21(30)26(23)24/h1,4-5,10-13,24H,2-3,6-9,14H2. The number of hydrogen-bond donors (Lipinski definition) is 0. The molecule has 0 N–H and O–H groups in total. The maximum Gasteiger partial charge on any atom is 0.163 e. The maximum absolute atomic E-state index is 12.9. The highest BCUT2D eigenvalue weighted by molar-refractivity contribution is 6.35. The summed E-state index contributed by atoms with van der Waals surface area (Å²) in [6.07, 6.45) is 4.00. The molecule has 3 aliphatic rings. The van der Waals surface area contributed by atoms with E-state index in [2.05, 4.69) is 0 Å². The van der Waals surface area contributed by atoms with E-state index in [1.165, 1.54) is 0 Å². The Morgan fingerprint density at radius 1 is 0.875 bits per heavy atom. The Balaban J connectivity index is 1.50. The predicted octanol–water partition coefficient (Wildman–Crippen LogP) is 6.70. The van der Waals surface area contributed by atoms with E-state index in [1.54, 1.807) is 12.1 Å². The third-order valence-corrected chi connectivity index (χ3v) is 6.83. The van der Waals surface area contributed by atoms with Crippen LogP contribution in [0.3, 0.4) is 0 Å². The smallest absolute Gasteiger partial charge is 0.163 e. The number of rotatable bonds is 4. The molecule has 4 nitrogen and oxygen atoms in total. The molecule has 0 bridgehead atoms. The second kappa shape index (κ2) is 8.76. The largest absolute Gasteiger partial charge is 0.489 e. The van der Waals surface area contributed by atoms with Gasteiger partial charge in [-0.25, -0.2) is 0 Å². The summed E-state index contributed by atoms with van der Waals surface area (Å²) < 4.78 is 12.1. The van der Waals surface area contributed by atoms with Gasteiger partial charge in [-0.05, 0) is 42.7 Å². The molecule has 2 aliphatic carbocycles. The third kappa shape index (κ3) is 3.98. The van der Waals surface area contributed by atoms with Crippen LogP contribution < -0.4 is 4.74 Å². The number of hydrogen-bond acceptors (Lipinski definition) is 4. The number of Topliss-reactive ketones (excluding diaryl/α,β-unsaturated/α-hetero) is 2. The number of allylic oxidation sites excluding steroid dienone is 4. The van der Waals surface area contributed by atoms with Crippen molar-refractivity contribution in [1.29, 1.82) is 0 Å². The van der Waals surface area contributed by atoms with Gasteiger partial charge in [0, 0.05) is 58.4 Å². The first-order valence-electron chi connectivity index (χ1n) is 10.9. The van der Waals surface area contributed by atoms with E-state index < -0.39 is 5.92 Å². The molecule has 164 valence electrons. The second-order valence-electron chi connectivity index (χ2n) is 8.36. The van der Waals surface area contributed by atoms with Crippen LogP contribution in [0.1, 0.15) is 55.6 Å². The summed E-state index contributed by atoms with van der Waals surface area (Å²) in [5.74, 6) is 1.87. The zero-order valence-corrected chi connectivity index (χ0v) is 19.0. The monoisotopic (exact) mass is 468 g/mol. The molecule has 2 aromatic rings. The number of ketones is 2. The molecule has 0 saturated heterocycles. The summed E-state index contributed by atoms with van der Waals surface area (Å²) in [4.78, 5) is 25.9. The van der Waals surface area contributed by atoms with E-state index in [4.69, 9.17) is 32.7 Å². The van der Waals surface area contributed by atoms with Crippen molar-refractivity contribution in [2.24, 2.45) is 0 Å². The minimum atomic E-state index is -0.392. The first kappa shape index (κ1) is 21.3. The molecule has 5 rings (SSSR count). The first-order chi connectivity index (χ1) is 15.5. The molecule has 6 heteroatoms. The molecule has 0 fully saturated rings. The molecule has 1 aliphatic heterocycles. The van der Waals surface area contributed by atoms with Gasteiger partial charge in [0.1, 0.15) is 23.9 Å². The van der Waals surface area contributed by atoms with Crippen molar-refractivity contribution in [1.82, 2.24) is 0 Å². The summed E-state index contributed by atoms with van der Waals surface area (Å²) in [6.45, 7) is 0.285. The minimum absolute atomic E-state index is 0.0699. The second-order valence-corrected chi connectivity index (χ2v) is 9.20. The molecule has 0 unspecified atom stereocenters. The lowest BCUT2D eigenvalue weighted by Gasteiger charge is -2.36. The Hall–Kier alpha value is -2.56. The number of halogens is 2. The third-order valence-electron chi connectivity index (χ3n) is 6.24. The molecule has 0 spiro atoms. The van der Waals surface area contributed by atoms with E-state index in [9.17, 15) is 9.59 Å². The van der Waals surface area contributed by atoms with Gasteiger partial charge in [-0.15, -0.1) is 0 Å². The van der Waals surface area contributed by atoms with E-state index in [-0.39, 0.29) is 18.2 Å². The highest BCUT2D eigenvalue weighted by Gasteiger charge is 2.41. The van der Waals surface area contributed by atoms with Gasteiger partial charge in [-0.1, -0.05) is 41.4 Å². The number of ether oxygens (including phenoxy) is 2. The average Bonchev–Trinajstić information content (AvgIpc) is 2.78.